The summed E-state index contributed by atoms with van der Waals surface area (Å²) in [6.45, 7) is 1.90. The predicted octanol–water partition coefficient (Wildman–Crippen LogP) is 2.28. The van der Waals surface area contributed by atoms with Gasteiger partial charge in [-0.2, -0.15) is 0 Å². The predicted molar refractivity (Wildman–Crippen MR) is 72.6 cm³/mol. The first kappa shape index (κ1) is 11.7. The van der Waals surface area contributed by atoms with Gasteiger partial charge in [-0.25, -0.2) is 4.79 Å². The average Bonchev–Trinajstić information content (AvgIpc) is 2.73. The van der Waals surface area contributed by atoms with E-state index in [4.69, 9.17) is 0 Å². The van der Waals surface area contributed by atoms with Gasteiger partial charge in [0.05, 0.1) is 0 Å². The first-order chi connectivity index (χ1) is 9.17. The van der Waals surface area contributed by atoms with Crippen LogP contribution >= 0.6 is 0 Å². The van der Waals surface area contributed by atoms with Crippen LogP contribution in [-0.4, -0.2) is 11.9 Å². The van der Waals surface area contributed by atoms with Crippen LogP contribution in [0.2, 0.25) is 0 Å². The Hall–Kier alpha value is -2.36. The Kier molecular flexibility index (Phi) is 2.52. The SMILES string of the molecule is CCC1(c2cccc3ccccc23)NC(=O)NC1=O. The molecule has 1 atom stereocenters. The number of nitrogens with one attached hydrogen (secondary N) is 2. The minimum Gasteiger partial charge on any atom is -0.319 e. The first-order valence-corrected chi connectivity index (χ1v) is 6.29. The van der Waals surface area contributed by atoms with E-state index >= 15 is 0 Å². The van der Waals surface area contributed by atoms with Gasteiger partial charge in [0.25, 0.3) is 5.91 Å². The molecule has 2 aromatic carbocycles. The van der Waals surface area contributed by atoms with Gasteiger partial charge in [-0.05, 0) is 22.8 Å². The van der Waals surface area contributed by atoms with Crippen molar-refractivity contribution >= 4 is 22.7 Å². The van der Waals surface area contributed by atoms with Crippen LogP contribution in [0.3, 0.4) is 0 Å². The average molecular weight is 254 g/mol. The maximum atomic E-state index is 12.2. The quantitative estimate of drug-likeness (QED) is 0.808. The van der Waals surface area contributed by atoms with Gasteiger partial charge in [0.1, 0.15) is 5.54 Å². The van der Waals surface area contributed by atoms with Gasteiger partial charge in [-0.1, -0.05) is 49.4 Å². The third-order valence-corrected chi connectivity index (χ3v) is 3.72. The fourth-order valence-corrected chi connectivity index (χ4v) is 2.72. The van der Waals surface area contributed by atoms with E-state index in [2.05, 4.69) is 10.6 Å². The van der Waals surface area contributed by atoms with E-state index in [1.54, 1.807) is 0 Å². The van der Waals surface area contributed by atoms with Crippen LogP contribution in [-0.2, 0) is 10.3 Å². The molecule has 0 bridgehead atoms. The van der Waals surface area contributed by atoms with Crippen molar-refractivity contribution in [2.45, 2.75) is 18.9 Å². The topological polar surface area (TPSA) is 58.2 Å². The van der Waals surface area contributed by atoms with E-state index in [-0.39, 0.29) is 5.91 Å². The fourth-order valence-electron chi connectivity index (χ4n) is 2.72. The Morgan fingerprint density at radius 2 is 1.79 bits per heavy atom. The van der Waals surface area contributed by atoms with Crippen LogP contribution in [0.15, 0.2) is 42.5 Å². The second-order valence-corrected chi connectivity index (χ2v) is 4.69. The number of benzene rings is 2. The molecule has 1 heterocycles. The summed E-state index contributed by atoms with van der Waals surface area (Å²) in [5.41, 5.74) is -0.116. The molecule has 1 aliphatic heterocycles. The smallest absolute Gasteiger partial charge is 0.319 e. The number of carbonyl (C=O) groups is 2. The normalized spacial score (nSPS) is 22.4. The van der Waals surface area contributed by atoms with E-state index in [9.17, 15) is 9.59 Å². The third kappa shape index (κ3) is 1.60. The van der Waals surface area contributed by atoms with Crippen LogP contribution in [0.25, 0.3) is 10.8 Å². The van der Waals surface area contributed by atoms with E-state index in [0.717, 1.165) is 16.3 Å². The van der Waals surface area contributed by atoms with Crippen LogP contribution in [0.5, 0.6) is 0 Å². The molecule has 0 radical (unpaired) electrons. The maximum Gasteiger partial charge on any atom is 0.322 e. The highest BCUT2D eigenvalue weighted by atomic mass is 16.2. The molecule has 1 saturated heterocycles. The Morgan fingerprint density at radius 3 is 2.47 bits per heavy atom. The van der Waals surface area contributed by atoms with Gasteiger partial charge in [0.15, 0.2) is 0 Å². The zero-order chi connectivity index (χ0) is 13.5. The maximum absolute atomic E-state index is 12.2. The number of fused-ring (bicyclic) bond motifs is 1. The molecule has 96 valence electrons. The lowest BCUT2D eigenvalue weighted by Crippen LogP contribution is -2.43. The Labute approximate surface area is 110 Å². The van der Waals surface area contributed by atoms with Crippen molar-refractivity contribution in [1.82, 2.24) is 10.6 Å². The van der Waals surface area contributed by atoms with Gasteiger partial charge >= 0.3 is 6.03 Å². The summed E-state index contributed by atoms with van der Waals surface area (Å²) in [6.07, 6.45) is 0.512. The Balaban J connectivity index is 2.28. The van der Waals surface area contributed by atoms with Gasteiger partial charge < -0.3 is 5.32 Å². The van der Waals surface area contributed by atoms with Crippen molar-refractivity contribution in [3.05, 3.63) is 48.0 Å². The van der Waals surface area contributed by atoms with Gasteiger partial charge in [0, 0.05) is 0 Å². The lowest BCUT2D eigenvalue weighted by molar-refractivity contribution is -0.124. The Bertz CT molecular complexity index is 675. The second kappa shape index (κ2) is 4.09. The molecule has 3 amide bonds. The van der Waals surface area contributed by atoms with Crippen LogP contribution < -0.4 is 10.6 Å². The fraction of sp³-hybridized carbons (Fsp3) is 0.200. The molecule has 2 N–H and O–H groups in total. The van der Waals surface area contributed by atoms with E-state index in [0.29, 0.717) is 6.42 Å². The first-order valence-electron chi connectivity index (χ1n) is 6.29. The summed E-state index contributed by atoms with van der Waals surface area (Å²) >= 11 is 0. The van der Waals surface area contributed by atoms with Crippen molar-refractivity contribution in [2.75, 3.05) is 0 Å². The van der Waals surface area contributed by atoms with Gasteiger partial charge in [-0.3, -0.25) is 10.1 Å². The molecule has 0 saturated carbocycles. The monoisotopic (exact) mass is 254 g/mol. The van der Waals surface area contributed by atoms with E-state index in [1.165, 1.54) is 0 Å². The minimum atomic E-state index is -0.960. The molecule has 4 nitrogen and oxygen atoms in total. The number of hydrogen-bond donors (Lipinski definition) is 2. The zero-order valence-electron chi connectivity index (χ0n) is 10.6. The molecule has 2 aromatic rings. The highest BCUT2D eigenvalue weighted by Crippen LogP contribution is 2.33. The summed E-state index contributed by atoms with van der Waals surface area (Å²) in [5.74, 6) is -0.281. The molecule has 19 heavy (non-hydrogen) atoms. The lowest BCUT2D eigenvalue weighted by atomic mass is 9.84. The summed E-state index contributed by atoms with van der Waals surface area (Å²) < 4.78 is 0. The van der Waals surface area contributed by atoms with E-state index < -0.39 is 11.6 Å². The van der Waals surface area contributed by atoms with E-state index in [1.807, 2.05) is 49.4 Å². The van der Waals surface area contributed by atoms with Crippen molar-refractivity contribution in [2.24, 2.45) is 0 Å². The second-order valence-electron chi connectivity index (χ2n) is 4.69. The summed E-state index contributed by atoms with van der Waals surface area (Å²) in [6, 6.07) is 13.2. The molecule has 1 fully saturated rings. The van der Waals surface area contributed by atoms with Gasteiger partial charge in [-0.15, -0.1) is 0 Å². The lowest BCUT2D eigenvalue weighted by Gasteiger charge is -2.26. The third-order valence-electron chi connectivity index (χ3n) is 3.72. The molecule has 0 spiro atoms. The molecule has 0 aliphatic carbocycles. The summed E-state index contributed by atoms with van der Waals surface area (Å²) in [4.78, 5) is 23.7. The molecular weight excluding hydrogens is 240 g/mol. The van der Waals surface area contributed by atoms with Gasteiger partial charge in [0.2, 0.25) is 0 Å². The highest BCUT2D eigenvalue weighted by Gasteiger charge is 2.46. The highest BCUT2D eigenvalue weighted by molar-refractivity contribution is 6.09. The van der Waals surface area contributed by atoms with Crippen LogP contribution in [0.4, 0.5) is 4.79 Å². The number of amides is 3. The Morgan fingerprint density at radius 1 is 1.05 bits per heavy atom. The number of carbonyl (C=O) groups excluding carboxylic acids is 2. The minimum absolute atomic E-state index is 0.281. The molecule has 3 rings (SSSR count). The van der Waals surface area contributed by atoms with Crippen molar-refractivity contribution in [3.8, 4) is 0 Å². The molecule has 0 aromatic heterocycles. The summed E-state index contributed by atoms with van der Waals surface area (Å²) in [7, 11) is 0. The summed E-state index contributed by atoms with van der Waals surface area (Å²) in [5, 5.41) is 7.16. The molecule has 1 aliphatic rings. The number of urea groups is 1. The zero-order valence-corrected chi connectivity index (χ0v) is 10.6. The largest absolute Gasteiger partial charge is 0.322 e. The number of rotatable bonds is 2. The number of hydrogen-bond acceptors (Lipinski definition) is 2. The van der Waals surface area contributed by atoms with Crippen LogP contribution in [0.1, 0.15) is 18.9 Å². The van der Waals surface area contributed by atoms with Crippen molar-refractivity contribution < 1.29 is 9.59 Å². The molecule has 4 heteroatoms. The number of imide groups is 1. The molecular formula is C15H14N2O2. The van der Waals surface area contributed by atoms with Crippen LogP contribution in [0, 0.1) is 0 Å². The van der Waals surface area contributed by atoms with Crippen molar-refractivity contribution in [1.29, 1.82) is 0 Å². The van der Waals surface area contributed by atoms with Crippen molar-refractivity contribution in [3.63, 3.8) is 0 Å². The standard InChI is InChI=1S/C15H14N2O2/c1-2-15(13(18)16-14(19)17-15)12-9-5-7-10-6-3-4-8-11(10)12/h3-9H,2H2,1H3,(H2,16,17,18,19). The molecule has 1 unspecified atom stereocenters.